The molecular formula is C10H21ClO. The first-order valence-corrected chi connectivity index (χ1v) is 5.27. The molecule has 0 saturated carbocycles. The van der Waals surface area contributed by atoms with Gasteiger partial charge in [-0.1, -0.05) is 20.3 Å². The van der Waals surface area contributed by atoms with Crippen molar-refractivity contribution in [3.8, 4) is 0 Å². The Labute approximate surface area is 81.4 Å². The predicted molar refractivity (Wildman–Crippen MR) is 54.8 cm³/mol. The Bertz CT molecular complexity index is 83.8. The van der Waals surface area contributed by atoms with Crippen LogP contribution in [0.25, 0.3) is 0 Å². The number of hydrogen-bond acceptors (Lipinski definition) is 1. The van der Waals surface area contributed by atoms with Gasteiger partial charge in [-0.2, -0.15) is 0 Å². The number of alkyl halides is 1. The highest BCUT2D eigenvalue weighted by atomic mass is 35.5. The predicted octanol–water partition coefficient (Wildman–Crippen LogP) is 3.46. The van der Waals surface area contributed by atoms with Crippen LogP contribution in [-0.2, 0) is 4.74 Å². The molecule has 0 aliphatic heterocycles. The molecule has 74 valence electrons. The molecule has 2 heteroatoms. The van der Waals surface area contributed by atoms with Gasteiger partial charge in [0.15, 0.2) is 0 Å². The minimum absolute atomic E-state index is 0.370. The SMILES string of the molecule is CCCC(Cl)CCC(C)COC. The highest BCUT2D eigenvalue weighted by molar-refractivity contribution is 6.20. The normalized spacial score (nSPS) is 16.0. The molecule has 0 heterocycles. The van der Waals surface area contributed by atoms with Crippen LogP contribution in [0.5, 0.6) is 0 Å². The summed E-state index contributed by atoms with van der Waals surface area (Å²) in [6.07, 6.45) is 4.63. The van der Waals surface area contributed by atoms with E-state index in [4.69, 9.17) is 16.3 Å². The van der Waals surface area contributed by atoms with Gasteiger partial charge in [-0.25, -0.2) is 0 Å². The molecule has 0 amide bonds. The van der Waals surface area contributed by atoms with Gasteiger partial charge in [0, 0.05) is 19.1 Å². The first-order valence-electron chi connectivity index (χ1n) is 4.83. The van der Waals surface area contributed by atoms with Gasteiger partial charge in [0.1, 0.15) is 0 Å². The number of hydrogen-bond donors (Lipinski definition) is 0. The zero-order valence-electron chi connectivity index (χ0n) is 8.48. The molecule has 0 aromatic rings. The smallest absolute Gasteiger partial charge is 0.0487 e. The molecule has 0 aliphatic rings. The van der Waals surface area contributed by atoms with E-state index in [1.807, 2.05) is 0 Å². The van der Waals surface area contributed by atoms with Gasteiger partial charge in [-0.05, 0) is 25.2 Å². The molecule has 0 fully saturated rings. The lowest BCUT2D eigenvalue weighted by Gasteiger charge is -2.12. The molecule has 0 aromatic carbocycles. The highest BCUT2D eigenvalue weighted by Gasteiger charge is 2.06. The van der Waals surface area contributed by atoms with E-state index in [1.54, 1.807) is 7.11 Å². The van der Waals surface area contributed by atoms with Gasteiger partial charge < -0.3 is 4.74 Å². The maximum atomic E-state index is 6.08. The summed E-state index contributed by atoms with van der Waals surface area (Å²) in [6, 6.07) is 0. The molecule has 0 saturated heterocycles. The largest absolute Gasteiger partial charge is 0.384 e. The van der Waals surface area contributed by atoms with Gasteiger partial charge >= 0.3 is 0 Å². The molecule has 0 spiro atoms. The van der Waals surface area contributed by atoms with Crippen molar-refractivity contribution >= 4 is 11.6 Å². The van der Waals surface area contributed by atoms with Crippen molar-refractivity contribution in [2.75, 3.05) is 13.7 Å². The van der Waals surface area contributed by atoms with Crippen molar-refractivity contribution < 1.29 is 4.74 Å². The van der Waals surface area contributed by atoms with Crippen LogP contribution in [0.2, 0.25) is 0 Å². The Kier molecular flexibility index (Phi) is 8.04. The standard InChI is InChI=1S/C10H21ClO/c1-4-5-10(11)7-6-9(2)8-12-3/h9-10H,4-8H2,1-3H3. The summed E-state index contributed by atoms with van der Waals surface area (Å²) < 4.78 is 5.05. The molecule has 2 unspecified atom stereocenters. The Balaban J connectivity index is 3.27. The van der Waals surface area contributed by atoms with Gasteiger partial charge in [0.25, 0.3) is 0 Å². The van der Waals surface area contributed by atoms with Gasteiger partial charge in [0.05, 0.1) is 0 Å². The second kappa shape index (κ2) is 7.88. The van der Waals surface area contributed by atoms with Crippen LogP contribution in [0.15, 0.2) is 0 Å². The zero-order valence-corrected chi connectivity index (χ0v) is 9.23. The zero-order chi connectivity index (χ0) is 9.40. The molecular weight excluding hydrogens is 172 g/mol. The van der Waals surface area contributed by atoms with Crippen molar-refractivity contribution in [2.24, 2.45) is 5.92 Å². The Morgan fingerprint density at radius 2 is 1.92 bits per heavy atom. The van der Waals surface area contributed by atoms with E-state index < -0.39 is 0 Å². The maximum Gasteiger partial charge on any atom is 0.0487 e. The van der Waals surface area contributed by atoms with Crippen molar-refractivity contribution in [3.63, 3.8) is 0 Å². The Morgan fingerprint density at radius 3 is 2.42 bits per heavy atom. The molecule has 1 nitrogen and oxygen atoms in total. The summed E-state index contributed by atoms with van der Waals surface area (Å²) >= 11 is 6.08. The van der Waals surface area contributed by atoms with Crippen molar-refractivity contribution in [3.05, 3.63) is 0 Å². The van der Waals surface area contributed by atoms with E-state index in [9.17, 15) is 0 Å². The molecule has 0 aliphatic carbocycles. The average Bonchev–Trinajstić information content (AvgIpc) is 2.02. The molecule has 0 N–H and O–H groups in total. The molecule has 2 atom stereocenters. The Morgan fingerprint density at radius 1 is 1.25 bits per heavy atom. The van der Waals surface area contributed by atoms with Gasteiger partial charge in [0.2, 0.25) is 0 Å². The third kappa shape index (κ3) is 6.93. The summed E-state index contributed by atoms with van der Waals surface area (Å²) in [4.78, 5) is 0. The fourth-order valence-corrected chi connectivity index (χ4v) is 1.63. The molecule has 0 radical (unpaired) electrons. The van der Waals surface area contributed by atoms with Crippen molar-refractivity contribution in [2.45, 2.75) is 44.9 Å². The summed E-state index contributed by atoms with van der Waals surface area (Å²) in [6.45, 7) is 5.24. The van der Waals surface area contributed by atoms with E-state index in [2.05, 4.69) is 13.8 Å². The summed E-state index contributed by atoms with van der Waals surface area (Å²) in [5.74, 6) is 0.646. The Hall–Kier alpha value is 0.250. The van der Waals surface area contributed by atoms with Crippen LogP contribution in [0.3, 0.4) is 0 Å². The second-order valence-electron chi connectivity index (χ2n) is 3.52. The topological polar surface area (TPSA) is 9.23 Å². The third-order valence-electron chi connectivity index (χ3n) is 2.03. The summed E-state index contributed by atoms with van der Waals surface area (Å²) in [5.41, 5.74) is 0. The van der Waals surface area contributed by atoms with E-state index in [0.29, 0.717) is 11.3 Å². The molecule has 0 bridgehead atoms. The molecule has 0 rings (SSSR count). The fraction of sp³-hybridized carbons (Fsp3) is 1.00. The lowest BCUT2D eigenvalue weighted by molar-refractivity contribution is 0.154. The van der Waals surface area contributed by atoms with Crippen LogP contribution in [0, 0.1) is 5.92 Å². The average molecular weight is 193 g/mol. The third-order valence-corrected chi connectivity index (χ3v) is 2.46. The van der Waals surface area contributed by atoms with E-state index >= 15 is 0 Å². The quantitative estimate of drug-likeness (QED) is 0.562. The minimum atomic E-state index is 0.370. The summed E-state index contributed by atoms with van der Waals surface area (Å²) in [7, 11) is 1.75. The maximum absolute atomic E-state index is 6.08. The second-order valence-corrected chi connectivity index (χ2v) is 4.14. The number of halogens is 1. The van der Waals surface area contributed by atoms with Crippen LogP contribution >= 0.6 is 11.6 Å². The number of ether oxygens (including phenoxy) is 1. The van der Waals surface area contributed by atoms with Gasteiger partial charge in [-0.3, -0.25) is 0 Å². The van der Waals surface area contributed by atoms with Crippen LogP contribution in [0.1, 0.15) is 39.5 Å². The minimum Gasteiger partial charge on any atom is -0.384 e. The van der Waals surface area contributed by atoms with E-state index in [1.165, 1.54) is 12.8 Å². The molecule has 12 heavy (non-hydrogen) atoms. The first-order chi connectivity index (χ1) is 5.70. The monoisotopic (exact) mass is 192 g/mol. The number of methoxy groups -OCH3 is 1. The lowest BCUT2D eigenvalue weighted by Crippen LogP contribution is -2.07. The van der Waals surface area contributed by atoms with Crippen molar-refractivity contribution in [1.29, 1.82) is 0 Å². The van der Waals surface area contributed by atoms with Crippen LogP contribution in [-0.4, -0.2) is 19.1 Å². The highest BCUT2D eigenvalue weighted by Crippen LogP contribution is 2.15. The first kappa shape index (κ1) is 12.2. The molecule has 0 aromatic heterocycles. The van der Waals surface area contributed by atoms with Crippen LogP contribution < -0.4 is 0 Å². The van der Waals surface area contributed by atoms with Crippen molar-refractivity contribution in [1.82, 2.24) is 0 Å². The number of rotatable bonds is 7. The van der Waals surface area contributed by atoms with Gasteiger partial charge in [-0.15, -0.1) is 11.6 Å². The summed E-state index contributed by atoms with van der Waals surface area (Å²) in [5, 5.41) is 0.370. The van der Waals surface area contributed by atoms with E-state index in [0.717, 1.165) is 19.4 Å². The lowest BCUT2D eigenvalue weighted by atomic mass is 10.0. The van der Waals surface area contributed by atoms with Crippen LogP contribution in [0.4, 0.5) is 0 Å². The van der Waals surface area contributed by atoms with E-state index in [-0.39, 0.29) is 0 Å². The fourth-order valence-electron chi connectivity index (χ4n) is 1.29.